The molecule has 0 atom stereocenters. The number of rotatable bonds is 7. The number of nitrogens with zero attached hydrogens (tertiary/aromatic N) is 1. The Labute approximate surface area is 102 Å². The second kappa shape index (κ2) is 5.99. The molecule has 0 radical (unpaired) electrons. The summed E-state index contributed by atoms with van der Waals surface area (Å²) in [6.45, 7) is 5.94. The third-order valence-electron chi connectivity index (χ3n) is 2.82. The summed E-state index contributed by atoms with van der Waals surface area (Å²) in [6.07, 6.45) is 3.48. The number of hydrogen-bond acceptors (Lipinski definition) is 4. The average Bonchev–Trinajstić information content (AvgIpc) is 2.31. The maximum absolute atomic E-state index is 11.6. The molecule has 3 nitrogen and oxygen atoms in total. The standard InChI is InChI=1S/C12H20N2OS/c1-4-6-7-8-13-9-10(14(3)5-2)12(16)11(9)15/h13H,4-8H2,1-3H3. The first-order valence-electron chi connectivity index (χ1n) is 5.91. The zero-order valence-electron chi connectivity index (χ0n) is 10.3. The SMILES string of the molecule is CCCCCNc1c(N(C)CC)c(=S)c1=O. The molecular formula is C12H20N2OS. The molecule has 90 valence electrons. The Morgan fingerprint density at radius 3 is 2.56 bits per heavy atom. The predicted molar refractivity (Wildman–Crippen MR) is 72.9 cm³/mol. The maximum Gasteiger partial charge on any atom is 0.223 e. The number of nitrogens with one attached hydrogen (secondary N) is 1. The lowest BCUT2D eigenvalue weighted by atomic mass is 10.1. The second-order valence-electron chi connectivity index (χ2n) is 4.03. The lowest BCUT2D eigenvalue weighted by Crippen LogP contribution is -2.28. The molecule has 0 aromatic heterocycles. The minimum atomic E-state index is 0.00167. The van der Waals surface area contributed by atoms with Gasteiger partial charge >= 0.3 is 0 Å². The Kier molecular flexibility index (Phi) is 4.93. The van der Waals surface area contributed by atoms with Crippen molar-refractivity contribution in [3.63, 3.8) is 0 Å². The largest absolute Gasteiger partial charge is 0.380 e. The normalized spacial score (nSPS) is 10.7. The van der Waals surface area contributed by atoms with Gasteiger partial charge in [0.25, 0.3) is 0 Å². The van der Waals surface area contributed by atoms with Crippen molar-refractivity contribution in [2.45, 2.75) is 33.1 Å². The van der Waals surface area contributed by atoms with E-state index >= 15 is 0 Å². The molecule has 0 saturated heterocycles. The van der Waals surface area contributed by atoms with E-state index in [4.69, 9.17) is 12.2 Å². The van der Waals surface area contributed by atoms with Crippen molar-refractivity contribution in [1.29, 1.82) is 0 Å². The summed E-state index contributed by atoms with van der Waals surface area (Å²) in [7, 11) is 1.96. The molecule has 0 fully saturated rings. The van der Waals surface area contributed by atoms with E-state index in [-0.39, 0.29) is 5.43 Å². The molecule has 16 heavy (non-hydrogen) atoms. The molecule has 0 spiro atoms. The summed E-state index contributed by atoms with van der Waals surface area (Å²) >= 11 is 5.06. The molecule has 4 heteroatoms. The Hall–Kier alpha value is -0.900. The lowest BCUT2D eigenvalue weighted by Gasteiger charge is -2.23. The highest BCUT2D eigenvalue weighted by Crippen LogP contribution is 2.26. The van der Waals surface area contributed by atoms with Crippen LogP contribution in [0.3, 0.4) is 0 Å². The van der Waals surface area contributed by atoms with Crippen LogP contribution in [0.15, 0.2) is 4.79 Å². The van der Waals surface area contributed by atoms with Crippen LogP contribution in [0.5, 0.6) is 0 Å². The van der Waals surface area contributed by atoms with Crippen molar-refractivity contribution >= 4 is 23.6 Å². The van der Waals surface area contributed by atoms with E-state index in [0.29, 0.717) is 10.2 Å². The zero-order valence-corrected chi connectivity index (χ0v) is 11.1. The van der Waals surface area contributed by atoms with Gasteiger partial charge in [-0.05, 0) is 13.3 Å². The maximum atomic E-state index is 11.6. The van der Waals surface area contributed by atoms with Gasteiger partial charge in [0.15, 0.2) is 0 Å². The summed E-state index contributed by atoms with van der Waals surface area (Å²) in [4.78, 5) is 13.6. The highest BCUT2D eigenvalue weighted by molar-refractivity contribution is 7.71. The molecule has 0 saturated carbocycles. The van der Waals surface area contributed by atoms with Gasteiger partial charge in [-0.2, -0.15) is 0 Å². The van der Waals surface area contributed by atoms with Crippen LogP contribution in [-0.4, -0.2) is 20.1 Å². The molecule has 1 rings (SSSR count). The monoisotopic (exact) mass is 240 g/mol. The van der Waals surface area contributed by atoms with Crippen LogP contribution in [-0.2, 0) is 0 Å². The predicted octanol–water partition coefficient (Wildman–Crippen LogP) is 2.71. The van der Waals surface area contributed by atoms with Crippen molar-refractivity contribution in [2.75, 3.05) is 30.4 Å². The molecule has 0 aliphatic carbocycles. The molecule has 0 aliphatic rings. The van der Waals surface area contributed by atoms with Crippen LogP contribution in [0, 0.1) is 4.51 Å². The van der Waals surface area contributed by atoms with E-state index in [1.54, 1.807) is 0 Å². The molecule has 1 aromatic carbocycles. The van der Waals surface area contributed by atoms with E-state index in [0.717, 1.165) is 25.2 Å². The van der Waals surface area contributed by atoms with E-state index in [9.17, 15) is 4.79 Å². The quantitative estimate of drug-likeness (QED) is 0.587. The van der Waals surface area contributed by atoms with Crippen molar-refractivity contribution in [1.82, 2.24) is 0 Å². The molecular weight excluding hydrogens is 220 g/mol. The molecule has 0 aliphatic heterocycles. The van der Waals surface area contributed by atoms with Crippen LogP contribution in [0.25, 0.3) is 0 Å². The minimum Gasteiger partial charge on any atom is -0.380 e. The fraction of sp³-hybridized carbons (Fsp3) is 0.667. The molecule has 0 unspecified atom stereocenters. The van der Waals surface area contributed by atoms with Crippen LogP contribution in [0.2, 0.25) is 0 Å². The molecule has 0 heterocycles. The van der Waals surface area contributed by atoms with Gasteiger partial charge in [-0.25, -0.2) is 0 Å². The average molecular weight is 240 g/mol. The topological polar surface area (TPSA) is 32.3 Å². The van der Waals surface area contributed by atoms with Crippen LogP contribution in [0.1, 0.15) is 33.1 Å². The van der Waals surface area contributed by atoms with Gasteiger partial charge in [0, 0.05) is 20.1 Å². The first-order valence-corrected chi connectivity index (χ1v) is 6.32. The highest BCUT2D eigenvalue weighted by Gasteiger charge is 2.19. The van der Waals surface area contributed by atoms with E-state index in [2.05, 4.69) is 12.2 Å². The van der Waals surface area contributed by atoms with Crippen LogP contribution >= 0.6 is 12.2 Å². The van der Waals surface area contributed by atoms with E-state index < -0.39 is 0 Å². The summed E-state index contributed by atoms with van der Waals surface area (Å²) in [5, 5.41) is 3.20. The van der Waals surface area contributed by atoms with Gasteiger partial charge in [-0.3, -0.25) is 4.79 Å². The molecule has 0 bridgehead atoms. The van der Waals surface area contributed by atoms with Crippen molar-refractivity contribution in [3.8, 4) is 0 Å². The first kappa shape index (κ1) is 13.2. The summed E-state index contributed by atoms with van der Waals surface area (Å²) in [5.41, 5.74) is 1.63. The fourth-order valence-corrected chi connectivity index (χ4v) is 2.01. The minimum absolute atomic E-state index is 0.00167. The van der Waals surface area contributed by atoms with Crippen LogP contribution < -0.4 is 15.6 Å². The lowest BCUT2D eigenvalue weighted by molar-refractivity contribution is 0.742. The van der Waals surface area contributed by atoms with Gasteiger partial charge in [0.1, 0.15) is 10.2 Å². The van der Waals surface area contributed by atoms with Crippen molar-refractivity contribution in [3.05, 3.63) is 14.7 Å². The zero-order chi connectivity index (χ0) is 12.1. The fourth-order valence-electron chi connectivity index (χ4n) is 1.65. The van der Waals surface area contributed by atoms with Crippen molar-refractivity contribution < 1.29 is 0 Å². The van der Waals surface area contributed by atoms with Crippen LogP contribution in [0.4, 0.5) is 11.4 Å². The summed E-state index contributed by atoms with van der Waals surface area (Å²) in [5.74, 6) is 0. The van der Waals surface area contributed by atoms with Crippen molar-refractivity contribution in [2.24, 2.45) is 0 Å². The van der Waals surface area contributed by atoms with E-state index in [1.165, 1.54) is 12.8 Å². The van der Waals surface area contributed by atoms with Gasteiger partial charge in [0.2, 0.25) is 5.43 Å². The Morgan fingerprint density at radius 1 is 1.31 bits per heavy atom. The Bertz CT molecular complexity index is 407. The second-order valence-corrected chi connectivity index (χ2v) is 4.44. The molecule has 0 amide bonds. The third kappa shape index (κ3) is 2.61. The van der Waals surface area contributed by atoms with Gasteiger partial charge in [-0.15, -0.1) is 0 Å². The van der Waals surface area contributed by atoms with Gasteiger partial charge in [-0.1, -0.05) is 32.0 Å². The Morgan fingerprint density at radius 2 is 2.00 bits per heavy atom. The smallest absolute Gasteiger partial charge is 0.223 e. The number of anilines is 2. The molecule has 1 aromatic rings. The third-order valence-corrected chi connectivity index (χ3v) is 3.20. The number of unbranched alkanes of at least 4 members (excludes halogenated alkanes) is 2. The highest BCUT2D eigenvalue weighted by atomic mass is 32.1. The van der Waals surface area contributed by atoms with E-state index in [1.807, 2.05) is 18.9 Å². The summed E-state index contributed by atoms with van der Waals surface area (Å²) < 4.78 is 0.474. The number of hydrogen-bond donors (Lipinski definition) is 1. The first-order chi connectivity index (χ1) is 7.63. The molecule has 1 N–H and O–H groups in total. The summed E-state index contributed by atoms with van der Waals surface area (Å²) in [6, 6.07) is 0. The Balaban J connectivity index is 2.63. The van der Waals surface area contributed by atoms with Gasteiger partial charge < -0.3 is 10.2 Å². The van der Waals surface area contributed by atoms with Gasteiger partial charge in [0.05, 0.1) is 5.69 Å².